The summed E-state index contributed by atoms with van der Waals surface area (Å²) in [4.78, 5) is 0. The van der Waals surface area contributed by atoms with E-state index in [4.69, 9.17) is 0 Å². The zero-order valence-electron chi connectivity index (χ0n) is 13.6. The molecule has 0 heterocycles. The first-order valence-corrected chi connectivity index (χ1v) is 9.22. The van der Waals surface area contributed by atoms with Gasteiger partial charge < -0.3 is 5.32 Å². The van der Waals surface area contributed by atoms with E-state index in [0.717, 1.165) is 17.3 Å². The first-order valence-electron chi connectivity index (χ1n) is 8.17. The zero-order chi connectivity index (χ0) is 14.1. The molecule has 2 unspecified atom stereocenters. The Kier molecular flexibility index (Phi) is 4.93. The fraction of sp³-hybridized carbons (Fsp3) is 1.00. The van der Waals surface area contributed by atoms with E-state index in [1.807, 2.05) is 0 Å². The minimum absolute atomic E-state index is 0.510. The van der Waals surface area contributed by atoms with Crippen LogP contribution in [0.3, 0.4) is 0 Å². The second-order valence-corrected chi connectivity index (χ2v) is 9.94. The van der Waals surface area contributed by atoms with Crippen molar-refractivity contribution in [2.45, 2.75) is 90.5 Å². The van der Waals surface area contributed by atoms with Crippen LogP contribution in [0.1, 0.15) is 73.1 Å². The highest BCUT2D eigenvalue weighted by Crippen LogP contribution is 2.46. The summed E-state index contributed by atoms with van der Waals surface area (Å²) in [7, 11) is 0. The molecule has 2 atom stereocenters. The predicted octanol–water partition coefficient (Wildman–Crippen LogP) is 4.86. The molecule has 112 valence electrons. The van der Waals surface area contributed by atoms with Gasteiger partial charge in [0.05, 0.1) is 0 Å². The highest BCUT2D eigenvalue weighted by molar-refractivity contribution is 7.99. The van der Waals surface area contributed by atoms with Gasteiger partial charge in [0.2, 0.25) is 0 Å². The van der Waals surface area contributed by atoms with E-state index in [2.05, 4.69) is 51.7 Å². The third-order valence-corrected chi connectivity index (χ3v) is 6.05. The lowest BCUT2D eigenvalue weighted by Gasteiger charge is -2.46. The zero-order valence-corrected chi connectivity index (χ0v) is 14.4. The molecule has 2 aliphatic rings. The molecular weight excluding hydrogens is 250 g/mol. The molecule has 0 spiro atoms. The summed E-state index contributed by atoms with van der Waals surface area (Å²) in [5, 5.41) is 4.93. The first kappa shape index (κ1) is 15.7. The first-order chi connectivity index (χ1) is 8.80. The van der Waals surface area contributed by atoms with Crippen molar-refractivity contribution in [1.82, 2.24) is 5.32 Å². The van der Waals surface area contributed by atoms with Gasteiger partial charge in [-0.2, -0.15) is 11.8 Å². The van der Waals surface area contributed by atoms with E-state index >= 15 is 0 Å². The van der Waals surface area contributed by atoms with Gasteiger partial charge in [-0.1, -0.05) is 34.6 Å². The van der Waals surface area contributed by atoms with Crippen LogP contribution in [0.5, 0.6) is 0 Å². The van der Waals surface area contributed by atoms with E-state index in [9.17, 15) is 0 Å². The van der Waals surface area contributed by atoms with E-state index < -0.39 is 0 Å². The minimum atomic E-state index is 0.510. The van der Waals surface area contributed by atoms with Gasteiger partial charge in [0.1, 0.15) is 0 Å². The van der Waals surface area contributed by atoms with Gasteiger partial charge in [-0.15, -0.1) is 0 Å². The number of hydrogen-bond acceptors (Lipinski definition) is 2. The molecule has 1 nitrogen and oxygen atoms in total. The topological polar surface area (TPSA) is 12.0 Å². The molecule has 0 amide bonds. The second-order valence-electron chi connectivity index (χ2n) is 8.36. The van der Waals surface area contributed by atoms with E-state index in [1.54, 1.807) is 0 Å². The smallest absolute Gasteiger partial charge is 0.00805 e. The average Bonchev–Trinajstić information content (AvgIpc) is 2.60. The Morgan fingerprint density at radius 3 is 2.21 bits per heavy atom. The van der Waals surface area contributed by atoms with Crippen LogP contribution >= 0.6 is 11.8 Å². The maximum absolute atomic E-state index is 4.00. The van der Waals surface area contributed by atoms with E-state index in [0.29, 0.717) is 10.8 Å². The Labute approximate surface area is 124 Å². The second kappa shape index (κ2) is 5.97. The van der Waals surface area contributed by atoms with Crippen LogP contribution in [0.2, 0.25) is 0 Å². The molecule has 2 heteroatoms. The molecule has 0 saturated heterocycles. The fourth-order valence-corrected chi connectivity index (χ4v) is 5.92. The lowest BCUT2D eigenvalue weighted by Crippen LogP contribution is -2.47. The Bertz CT molecular complexity index is 282. The number of rotatable bonds is 4. The van der Waals surface area contributed by atoms with Crippen molar-refractivity contribution >= 4 is 11.8 Å². The van der Waals surface area contributed by atoms with Crippen LogP contribution in [0, 0.1) is 10.8 Å². The molecule has 2 aliphatic carbocycles. The highest BCUT2D eigenvalue weighted by Gasteiger charge is 2.39. The maximum Gasteiger partial charge on any atom is 0.00805 e. The van der Waals surface area contributed by atoms with Gasteiger partial charge in [-0.25, -0.2) is 0 Å². The Morgan fingerprint density at radius 2 is 1.63 bits per heavy atom. The molecule has 2 fully saturated rings. The van der Waals surface area contributed by atoms with Crippen molar-refractivity contribution in [3.05, 3.63) is 0 Å². The summed E-state index contributed by atoms with van der Waals surface area (Å²) < 4.78 is 0. The summed E-state index contributed by atoms with van der Waals surface area (Å²) in [5.74, 6) is 1.28. The van der Waals surface area contributed by atoms with Crippen molar-refractivity contribution in [2.24, 2.45) is 10.8 Å². The minimum Gasteiger partial charge on any atom is -0.311 e. The van der Waals surface area contributed by atoms with Gasteiger partial charge in [0.25, 0.3) is 0 Å². The molecule has 0 aromatic carbocycles. The predicted molar refractivity (Wildman–Crippen MR) is 87.9 cm³/mol. The van der Waals surface area contributed by atoms with Gasteiger partial charge in [0, 0.05) is 17.3 Å². The van der Waals surface area contributed by atoms with Crippen LogP contribution in [0.25, 0.3) is 0 Å². The Hall–Kier alpha value is 0.310. The summed E-state index contributed by atoms with van der Waals surface area (Å²) in [6.07, 6.45) is 8.31. The third-order valence-electron chi connectivity index (χ3n) is 4.81. The van der Waals surface area contributed by atoms with Gasteiger partial charge >= 0.3 is 0 Å². The number of thioether (sulfide) groups is 1. The molecule has 0 radical (unpaired) electrons. The largest absolute Gasteiger partial charge is 0.311 e. The maximum atomic E-state index is 4.00. The lowest BCUT2D eigenvalue weighted by atomic mass is 9.63. The van der Waals surface area contributed by atoms with Crippen molar-refractivity contribution < 1.29 is 0 Å². The summed E-state index contributed by atoms with van der Waals surface area (Å²) in [6.45, 7) is 12.1. The monoisotopic (exact) mass is 283 g/mol. The van der Waals surface area contributed by atoms with Crippen molar-refractivity contribution in [2.75, 3.05) is 5.75 Å². The fourth-order valence-electron chi connectivity index (χ4n) is 4.78. The van der Waals surface area contributed by atoms with Gasteiger partial charge in [-0.05, 0) is 55.1 Å². The van der Waals surface area contributed by atoms with Crippen LogP contribution in [0.15, 0.2) is 0 Å². The number of nitrogens with one attached hydrogen (secondary N) is 1. The van der Waals surface area contributed by atoms with Crippen LogP contribution in [-0.2, 0) is 0 Å². The van der Waals surface area contributed by atoms with Crippen LogP contribution < -0.4 is 5.32 Å². The molecular formula is C17H33NS. The number of hydrogen-bond donors (Lipinski definition) is 1. The summed E-state index contributed by atoms with van der Waals surface area (Å²) in [5.41, 5.74) is 1.02. The quantitative estimate of drug-likeness (QED) is 0.791. The van der Waals surface area contributed by atoms with Crippen molar-refractivity contribution in [1.29, 1.82) is 0 Å². The van der Waals surface area contributed by atoms with Gasteiger partial charge in [0.15, 0.2) is 0 Å². The van der Waals surface area contributed by atoms with Crippen LogP contribution in [-0.4, -0.2) is 23.1 Å². The molecule has 2 rings (SSSR count). The van der Waals surface area contributed by atoms with Crippen molar-refractivity contribution in [3.63, 3.8) is 0 Å². The van der Waals surface area contributed by atoms with E-state index in [1.165, 1.54) is 44.3 Å². The molecule has 19 heavy (non-hydrogen) atoms. The highest BCUT2D eigenvalue weighted by atomic mass is 32.2. The summed E-state index contributed by atoms with van der Waals surface area (Å²) in [6, 6.07) is 1.54. The van der Waals surface area contributed by atoms with Crippen molar-refractivity contribution in [3.8, 4) is 0 Å². The Morgan fingerprint density at radius 1 is 1.00 bits per heavy atom. The summed E-state index contributed by atoms with van der Waals surface area (Å²) >= 11 is 2.16. The normalized spacial score (nSPS) is 34.6. The lowest BCUT2D eigenvalue weighted by molar-refractivity contribution is 0.0805. The molecule has 0 aliphatic heterocycles. The molecule has 2 saturated carbocycles. The van der Waals surface area contributed by atoms with Gasteiger partial charge in [-0.3, -0.25) is 0 Å². The molecule has 1 N–H and O–H groups in total. The molecule has 0 aromatic heterocycles. The standard InChI is InChI=1S/C17H33NS/c1-6-19-15-8-7-13(9-15)18-14-10-16(2,3)12-17(4,5)11-14/h13-15,18H,6-12H2,1-5H3. The van der Waals surface area contributed by atoms with E-state index in [-0.39, 0.29) is 0 Å². The molecule has 0 bridgehead atoms. The Balaban J connectivity index is 1.86. The molecule has 0 aromatic rings. The average molecular weight is 284 g/mol. The third kappa shape index (κ3) is 4.67. The SMILES string of the molecule is CCSC1CCC(NC2CC(C)(C)CC(C)(C)C2)C1. The van der Waals surface area contributed by atoms with Crippen LogP contribution in [0.4, 0.5) is 0 Å².